The minimum atomic E-state index is -0.260. The van der Waals surface area contributed by atoms with Crippen LogP contribution in [-0.4, -0.2) is 60.6 Å². The molecule has 8 nitrogen and oxygen atoms in total. The lowest BCUT2D eigenvalue weighted by Gasteiger charge is -2.32. The molecule has 1 aliphatic heterocycles. The van der Waals surface area contributed by atoms with Crippen LogP contribution in [0.1, 0.15) is 47.1 Å². The molecule has 30 heavy (non-hydrogen) atoms. The first-order valence-electron chi connectivity index (χ1n) is 10.1. The van der Waals surface area contributed by atoms with Crippen LogP contribution in [0.4, 0.5) is 5.69 Å². The van der Waals surface area contributed by atoms with E-state index in [9.17, 15) is 9.59 Å². The van der Waals surface area contributed by atoms with Gasteiger partial charge in [-0.05, 0) is 44.0 Å². The number of benzene rings is 1. The second-order valence-electron chi connectivity index (χ2n) is 7.33. The van der Waals surface area contributed by atoms with Gasteiger partial charge in [0.2, 0.25) is 5.91 Å². The zero-order chi connectivity index (χ0) is 21.5. The van der Waals surface area contributed by atoms with Crippen LogP contribution in [0.3, 0.4) is 0 Å². The van der Waals surface area contributed by atoms with Crippen molar-refractivity contribution in [1.82, 2.24) is 14.9 Å². The highest BCUT2D eigenvalue weighted by atomic mass is 16.5. The Morgan fingerprint density at radius 3 is 2.67 bits per heavy atom. The summed E-state index contributed by atoms with van der Waals surface area (Å²) in [6.07, 6.45) is 3.78. The van der Waals surface area contributed by atoms with Gasteiger partial charge in [-0.25, -0.2) is 9.97 Å². The predicted molar refractivity (Wildman–Crippen MR) is 113 cm³/mol. The topological polar surface area (TPSA) is 93.7 Å². The fourth-order valence-corrected chi connectivity index (χ4v) is 3.54. The lowest BCUT2D eigenvalue weighted by molar-refractivity contribution is -0.133. The minimum Gasteiger partial charge on any atom is -0.497 e. The number of aromatic nitrogens is 2. The van der Waals surface area contributed by atoms with E-state index in [-0.39, 0.29) is 17.7 Å². The van der Waals surface area contributed by atoms with Crippen LogP contribution in [0.2, 0.25) is 0 Å². The molecule has 1 aromatic carbocycles. The molecule has 0 unspecified atom stereocenters. The van der Waals surface area contributed by atoms with Crippen LogP contribution in [0.5, 0.6) is 5.75 Å². The molecule has 160 valence electrons. The third-order valence-corrected chi connectivity index (χ3v) is 5.25. The van der Waals surface area contributed by atoms with Crippen LogP contribution >= 0.6 is 0 Å². The number of ether oxygens (including phenoxy) is 2. The van der Waals surface area contributed by atoms with E-state index in [4.69, 9.17) is 9.47 Å². The average molecular weight is 412 g/mol. The zero-order valence-electron chi connectivity index (χ0n) is 17.7. The van der Waals surface area contributed by atoms with E-state index in [1.807, 2.05) is 4.90 Å². The van der Waals surface area contributed by atoms with Gasteiger partial charge in [0.05, 0.1) is 31.4 Å². The van der Waals surface area contributed by atoms with E-state index in [1.165, 1.54) is 0 Å². The number of piperidine rings is 1. The van der Waals surface area contributed by atoms with Crippen molar-refractivity contribution in [2.75, 3.05) is 39.2 Å². The Balaban J connectivity index is 1.66. The quantitative estimate of drug-likeness (QED) is 0.752. The summed E-state index contributed by atoms with van der Waals surface area (Å²) in [6.45, 7) is 3.58. The first-order chi connectivity index (χ1) is 14.5. The maximum absolute atomic E-state index is 12.6. The van der Waals surface area contributed by atoms with E-state index >= 15 is 0 Å². The Kier molecular flexibility index (Phi) is 7.35. The molecule has 1 aromatic heterocycles. The summed E-state index contributed by atoms with van der Waals surface area (Å²) >= 11 is 0. The van der Waals surface area contributed by atoms with Gasteiger partial charge in [-0.3, -0.25) is 9.59 Å². The van der Waals surface area contributed by atoms with Crippen molar-refractivity contribution in [3.63, 3.8) is 0 Å². The van der Waals surface area contributed by atoms with Gasteiger partial charge >= 0.3 is 0 Å². The van der Waals surface area contributed by atoms with Crippen LogP contribution in [-0.2, 0) is 9.53 Å². The molecule has 1 aliphatic rings. The van der Waals surface area contributed by atoms with Gasteiger partial charge < -0.3 is 19.7 Å². The molecule has 1 saturated heterocycles. The number of nitrogens with zero attached hydrogens (tertiary/aromatic N) is 3. The van der Waals surface area contributed by atoms with Crippen molar-refractivity contribution in [3.8, 4) is 5.75 Å². The summed E-state index contributed by atoms with van der Waals surface area (Å²) in [4.78, 5) is 35.8. The largest absolute Gasteiger partial charge is 0.497 e. The van der Waals surface area contributed by atoms with Crippen molar-refractivity contribution in [2.45, 2.75) is 32.1 Å². The van der Waals surface area contributed by atoms with Crippen molar-refractivity contribution >= 4 is 17.5 Å². The fraction of sp³-hybridized carbons (Fsp3) is 0.455. The summed E-state index contributed by atoms with van der Waals surface area (Å²) in [5, 5.41) is 2.85. The Labute approximate surface area is 176 Å². The van der Waals surface area contributed by atoms with Crippen molar-refractivity contribution < 1.29 is 19.1 Å². The normalized spacial score (nSPS) is 16.2. The second-order valence-corrected chi connectivity index (χ2v) is 7.33. The fourth-order valence-electron chi connectivity index (χ4n) is 3.54. The Bertz CT molecular complexity index is 885. The summed E-state index contributed by atoms with van der Waals surface area (Å²) in [6, 6.07) is 7.12. The van der Waals surface area contributed by atoms with E-state index < -0.39 is 0 Å². The molecule has 8 heteroatoms. The van der Waals surface area contributed by atoms with Gasteiger partial charge in [0.25, 0.3) is 5.91 Å². The molecule has 1 atom stereocenters. The molecule has 2 amide bonds. The highest BCUT2D eigenvalue weighted by molar-refractivity contribution is 6.04. The van der Waals surface area contributed by atoms with Crippen LogP contribution in [0.25, 0.3) is 0 Å². The van der Waals surface area contributed by atoms with E-state index in [0.29, 0.717) is 42.3 Å². The molecule has 0 aliphatic carbocycles. The Morgan fingerprint density at radius 1 is 1.23 bits per heavy atom. The van der Waals surface area contributed by atoms with Crippen molar-refractivity contribution in [1.29, 1.82) is 0 Å². The SMILES string of the molecule is COCCC(=O)N1CCC[C@@H](c2ncc(C(=O)Nc3ccc(OC)cc3)c(C)n2)C1. The van der Waals surface area contributed by atoms with Gasteiger partial charge in [-0.1, -0.05) is 0 Å². The predicted octanol–water partition coefficient (Wildman–Crippen LogP) is 2.79. The highest BCUT2D eigenvalue weighted by Crippen LogP contribution is 2.25. The lowest BCUT2D eigenvalue weighted by atomic mass is 9.96. The van der Waals surface area contributed by atoms with E-state index in [1.54, 1.807) is 51.6 Å². The molecule has 0 radical (unpaired) electrons. The second kappa shape index (κ2) is 10.2. The zero-order valence-corrected chi connectivity index (χ0v) is 17.7. The number of nitrogens with one attached hydrogen (secondary N) is 1. The van der Waals surface area contributed by atoms with Gasteiger partial charge in [0.1, 0.15) is 11.6 Å². The number of anilines is 1. The molecule has 2 heterocycles. The molecular weight excluding hydrogens is 384 g/mol. The van der Waals surface area contributed by atoms with E-state index in [0.717, 1.165) is 25.1 Å². The van der Waals surface area contributed by atoms with Crippen LogP contribution in [0.15, 0.2) is 30.5 Å². The molecule has 0 bridgehead atoms. The smallest absolute Gasteiger partial charge is 0.259 e. The lowest BCUT2D eigenvalue weighted by Crippen LogP contribution is -2.40. The van der Waals surface area contributed by atoms with E-state index in [2.05, 4.69) is 15.3 Å². The molecular formula is C22H28N4O4. The van der Waals surface area contributed by atoms with Crippen molar-refractivity contribution in [3.05, 3.63) is 47.5 Å². The number of methoxy groups -OCH3 is 2. The third-order valence-electron chi connectivity index (χ3n) is 5.25. The molecule has 1 fully saturated rings. The molecule has 2 aromatic rings. The maximum atomic E-state index is 12.6. The number of carbonyl (C=O) groups excluding carboxylic acids is 2. The van der Waals surface area contributed by atoms with Gasteiger partial charge in [-0.2, -0.15) is 0 Å². The first-order valence-corrected chi connectivity index (χ1v) is 10.1. The minimum absolute atomic E-state index is 0.0719. The average Bonchev–Trinajstić information content (AvgIpc) is 2.77. The first kappa shape index (κ1) is 21.7. The highest BCUT2D eigenvalue weighted by Gasteiger charge is 2.27. The molecule has 3 rings (SSSR count). The molecule has 1 N–H and O–H groups in total. The Hall–Kier alpha value is -3.00. The van der Waals surface area contributed by atoms with Gasteiger partial charge in [0, 0.05) is 38.0 Å². The van der Waals surface area contributed by atoms with Crippen molar-refractivity contribution in [2.24, 2.45) is 0 Å². The summed E-state index contributed by atoms with van der Waals surface area (Å²) < 4.78 is 10.1. The molecule has 0 spiro atoms. The molecule has 0 saturated carbocycles. The van der Waals surface area contributed by atoms with Gasteiger partial charge in [-0.15, -0.1) is 0 Å². The number of aryl methyl sites for hydroxylation is 1. The van der Waals surface area contributed by atoms with Crippen LogP contribution < -0.4 is 10.1 Å². The number of amides is 2. The van der Waals surface area contributed by atoms with Gasteiger partial charge in [0.15, 0.2) is 0 Å². The number of hydrogen-bond donors (Lipinski definition) is 1. The standard InChI is InChI=1S/C22H28N4O4/c1-15-19(22(28)25-17-6-8-18(30-3)9-7-17)13-23-21(24-15)16-5-4-11-26(14-16)20(27)10-12-29-2/h6-9,13,16H,4-5,10-12,14H2,1-3H3,(H,25,28)/t16-/m1/s1. The number of hydrogen-bond acceptors (Lipinski definition) is 6. The third kappa shape index (κ3) is 5.33. The van der Waals surface area contributed by atoms with Crippen LogP contribution in [0, 0.1) is 6.92 Å². The number of likely N-dealkylation sites (tertiary alicyclic amines) is 1. The number of carbonyl (C=O) groups is 2. The summed E-state index contributed by atoms with van der Waals surface area (Å²) in [5.74, 6) is 1.30. The maximum Gasteiger partial charge on any atom is 0.259 e. The number of rotatable bonds is 7. The summed E-state index contributed by atoms with van der Waals surface area (Å²) in [5.41, 5.74) is 1.72. The summed E-state index contributed by atoms with van der Waals surface area (Å²) in [7, 11) is 3.19. The Morgan fingerprint density at radius 2 is 2.00 bits per heavy atom. The monoisotopic (exact) mass is 412 g/mol.